The third-order valence-corrected chi connectivity index (χ3v) is 6.35. The fourth-order valence-corrected chi connectivity index (χ4v) is 4.64. The number of hydrogen-bond donors (Lipinski definition) is 1. The first-order valence-electron chi connectivity index (χ1n) is 9.76. The van der Waals surface area contributed by atoms with Crippen LogP contribution in [0.1, 0.15) is 5.82 Å². The lowest BCUT2D eigenvalue weighted by molar-refractivity contribution is 0.244. The summed E-state index contributed by atoms with van der Waals surface area (Å²) in [5.41, 5.74) is 8.26. The molecule has 1 saturated heterocycles. The maximum Gasteiger partial charge on any atom is 0.185 e. The summed E-state index contributed by atoms with van der Waals surface area (Å²) in [7, 11) is 0. The zero-order valence-corrected chi connectivity index (χ0v) is 16.8. The molecule has 1 aliphatic rings. The van der Waals surface area contributed by atoms with Gasteiger partial charge in [-0.05, 0) is 17.7 Å². The lowest BCUT2D eigenvalue weighted by atomic mass is 10.2. The molecule has 2 N–H and O–H groups in total. The molecular weight excluding hydrogens is 380 g/mol. The molecule has 6 nitrogen and oxygen atoms in total. The van der Waals surface area contributed by atoms with Crippen molar-refractivity contribution in [3.63, 3.8) is 0 Å². The van der Waals surface area contributed by atoms with Crippen LogP contribution in [-0.2, 0) is 6.54 Å². The molecule has 5 rings (SSSR count). The molecule has 7 heteroatoms. The van der Waals surface area contributed by atoms with Gasteiger partial charge in [0.05, 0.1) is 16.9 Å². The lowest BCUT2D eigenvalue weighted by Crippen LogP contribution is -2.46. The van der Waals surface area contributed by atoms with Crippen LogP contribution in [0, 0.1) is 0 Å². The number of fused-ring (bicyclic) bond motifs is 1. The summed E-state index contributed by atoms with van der Waals surface area (Å²) in [6.45, 7) is 4.53. The van der Waals surface area contributed by atoms with Crippen molar-refractivity contribution in [3.05, 3.63) is 66.6 Å². The molecule has 0 aliphatic carbocycles. The van der Waals surface area contributed by atoms with E-state index in [0.717, 1.165) is 54.6 Å². The molecule has 2 aromatic heterocycles. The Morgan fingerprint density at radius 3 is 2.48 bits per heavy atom. The second kappa shape index (κ2) is 7.77. The Bertz CT molecular complexity index is 1120. The summed E-state index contributed by atoms with van der Waals surface area (Å²) in [5, 5.41) is 2.01. The second-order valence-corrected chi connectivity index (χ2v) is 8.19. The first-order valence-corrected chi connectivity index (χ1v) is 10.6. The van der Waals surface area contributed by atoms with Crippen LogP contribution in [0.15, 0.2) is 60.8 Å². The van der Waals surface area contributed by atoms with Gasteiger partial charge in [0.1, 0.15) is 11.6 Å². The number of para-hydroxylation sites is 1. The number of hydrogen-bond acceptors (Lipinski definition) is 7. The monoisotopic (exact) mass is 402 g/mol. The molecular formula is C22H22N6S. The second-order valence-electron chi connectivity index (χ2n) is 7.18. The van der Waals surface area contributed by atoms with Crippen molar-refractivity contribution in [1.29, 1.82) is 0 Å². The normalized spacial score (nSPS) is 15.1. The van der Waals surface area contributed by atoms with E-state index in [1.807, 2.05) is 36.5 Å². The van der Waals surface area contributed by atoms with Gasteiger partial charge >= 0.3 is 0 Å². The summed E-state index contributed by atoms with van der Waals surface area (Å²) in [5.74, 6) is 1.34. The summed E-state index contributed by atoms with van der Waals surface area (Å²) in [6, 6.07) is 18.3. The molecule has 29 heavy (non-hydrogen) atoms. The van der Waals surface area contributed by atoms with Gasteiger partial charge in [-0.2, -0.15) is 0 Å². The lowest BCUT2D eigenvalue weighted by Gasteiger charge is -2.34. The zero-order valence-electron chi connectivity index (χ0n) is 16.0. The number of anilines is 2. The summed E-state index contributed by atoms with van der Waals surface area (Å²) < 4.78 is 0. The van der Waals surface area contributed by atoms with Gasteiger partial charge in [0.15, 0.2) is 5.13 Å². The number of rotatable bonds is 4. The van der Waals surface area contributed by atoms with E-state index in [0.29, 0.717) is 5.82 Å². The quantitative estimate of drug-likeness (QED) is 0.562. The predicted octanol–water partition coefficient (Wildman–Crippen LogP) is 3.66. The van der Waals surface area contributed by atoms with Crippen LogP contribution in [0.5, 0.6) is 0 Å². The van der Waals surface area contributed by atoms with E-state index in [1.165, 1.54) is 10.4 Å². The highest BCUT2D eigenvalue weighted by atomic mass is 32.1. The molecule has 0 atom stereocenters. The van der Waals surface area contributed by atoms with Crippen LogP contribution in [0.4, 0.5) is 10.9 Å². The molecule has 1 fully saturated rings. The molecule has 146 valence electrons. The van der Waals surface area contributed by atoms with Crippen LogP contribution in [0.2, 0.25) is 0 Å². The Labute approximate surface area is 173 Å². The van der Waals surface area contributed by atoms with Crippen molar-refractivity contribution in [1.82, 2.24) is 19.9 Å². The molecule has 0 unspecified atom stereocenters. The Hall–Kier alpha value is -3.03. The Morgan fingerprint density at radius 2 is 1.66 bits per heavy atom. The molecule has 0 spiro atoms. The number of benzene rings is 2. The molecule has 0 saturated carbocycles. The largest absolute Gasteiger partial charge is 0.383 e. The minimum absolute atomic E-state index is 0.556. The van der Waals surface area contributed by atoms with Gasteiger partial charge in [-0.1, -0.05) is 53.8 Å². The van der Waals surface area contributed by atoms with Gasteiger partial charge in [0.25, 0.3) is 0 Å². The van der Waals surface area contributed by atoms with E-state index in [4.69, 9.17) is 5.73 Å². The van der Waals surface area contributed by atoms with Crippen LogP contribution >= 0.6 is 11.3 Å². The Balaban J connectivity index is 1.24. The first-order chi connectivity index (χ1) is 14.3. The topological polar surface area (TPSA) is 71.2 Å². The highest BCUT2D eigenvalue weighted by Crippen LogP contribution is 2.31. The number of nitrogens with two attached hydrogens (primary N) is 1. The average Bonchev–Trinajstić information content (AvgIpc) is 3.25. The van der Waals surface area contributed by atoms with Crippen LogP contribution in [-0.4, -0.2) is 46.0 Å². The molecule has 0 bridgehead atoms. The van der Waals surface area contributed by atoms with Crippen molar-refractivity contribution < 1.29 is 0 Å². The van der Waals surface area contributed by atoms with E-state index in [2.05, 4.69) is 49.0 Å². The fraction of sp³-hybridized carbons (Fsp3) is 0.227. The molecule has 0 amide bonds. The van der Waals surface area contributed by atoms with Gasteiger partial charge in [-0.25, -0.2) is 15.0 Å². The van der Waals surface area contributed by atoms with E-state index in [-0.39, 0.29) is 0 Å². The highest BCUT2D eigenvalue weighted by molar-refractivity contribution is 7.18. The number of nitrogen functional groups attached to an aromatic ring is 1. The maximum absolute atomic E-state index is 6.13. The van der Waals surface area contributed by atoms with E-state index >= 15 is 0 Å². The third kappa shape index (κ3) is 3.79. The van der Waals surface area contributed by atoms with E-state index in [9.17, 15) is 0 Å². The number of piperazine rings is 1. The van der Waals surface area contributed by atoms with Gasteiger partial charge in [0.2, 0.25) is 0 Å². The van der Waals surface area contributed by atoms with Crippen molar-refractivity contribution in [2.24, 2.45) is 0 Å². The van der Waals surface area contributed by atoms with Crippen molar-refractivity contribution in [2.75, 3.05) is 36.8 Å². The SMILES string of the molecule is Nc1nc(CN2CCN(c3ncc(-c4ccccc4)s3)CC2)nc2ccccc12. The fourth-order valence-electron chi connectivity index (χ4n) is 3.67. The van der Waals surface area contributed by atoms with Crippen LogP contribution in [0.3, 0.4) is 0 Å². The third-order valence-electron chi connectivity index (χ3n) is 5.24. The first kappa shape index (κ1) is 18.0. The van der Waals surface area contributed by atoms with E-state index < -0.39 is 0 Å². The predicted molar refractivity (Wildman–Crippen MR) is 119 cm³/mol. The van der Waals surface area contributed by atoms with E-state index in [1.54, 1.807) is 11.3 Å². The minimum Gasteiger partial charge on any atom is -0.383 e. The smallest absolute Gasteiger partial charge is 0.185 e. The maximum atomic E-state index is 6.13. The molecule has 3 heterocycles. The van der Waals surface area contributed by atoms with Gasteiger partial charge in [-0.15, -0.1) is 0 Å². The standard InChI is InChI=1S/C22H22N6S/c23-21-17-8-4-5-9-18(17)25-20(26-21)15-27-10-12-28(13-11-27)22-24-14-19(29-22)16-6-2-1-3-7-16/h1-9,14H,10-13,15H2,(H2,23,25,26). The molecule has 0 radical (unpaired) electrons. The zero-order chi connectivity index (χ0) is 19.6. The minimum atomic E-state index is 0.556. The molecule has 1 aliphatic heterocycles. The number of thiazole rings is 1. The van der Waals surface area contributed by atoms with Crippen LogP contribution in [0.25, 0.3) is 21.3 Å². The molecule has 2 aromatic carbocycles. The number of aromatic nitrogens is 3. The Kier molecular flexibility index (Phi) is 4.83. The highest BCUT2D eigenvalue weighted by Gasteiger charge is 2.21. The number of nitrogens with zero attached hydrogens (tertiary/aromatic N) is 5. The molecule has 4 aromatic rings. The Morgan fingerprint density at radius 1 is 0.897 bits per heavy atom. The van der Waals surface area contributed by atoms with Crippen molar-refractivity contribution in [2.45, 2.75) is 6.54 Å². The summed E-state index contributed by atoms with van der Waals surface area (Å²) >= 11 is 1.76. The van der Waals surface area contributed by atoms with Gasteiger partial charge in [0, 0.05) is 37.8 Å². The van der Waals surface area contributed by atoms with Crippen molar-refractivity contribution in [3.8, 4) is 10.4 Å². The summed E-state index contributed by atoms with van der Waals surface area (Å²) in [4.78, 5) is 19.8. The average molecular weight is 403 g/mol. The summed E-state index contributed by atoms with van der Waals surface area (Å²) in [6.07, 6.45) is 1.98. The van der Waals surface area contributed by atoms with Gasteiger partial charge < -0.3 is 10.6 Å². The van der Waals surface area contributed by atoms with Crippen molar-refractivity contribution >= 4 is 33.2 Å². The van der Waals surface area contributed by atoms with Gasteiger partial charge in [-0.3, -0.25) is 4.90 Å². The van der Waals surface area contributed by atoms with Crippen LogP contribution < -0.4 is 10.6 Å².